The third-order valence-electron chi connectivity index (χ3n) is 3.82. The van der Waals surface area contributed by atoms with Crippen LogP contribution in [0.5, 0.6) is 0 Å². The molecule has 2 aromatic heterocycles. The van der Waals surface area contributed by atoms with Crippen LogP contribution in [0.15, 0.2) is 35.5 Å². The number of amides is 1. The maximum absolute atomic E-state index is 12.4. The number of carbonyl (C=O) groups excluding carboxylic acids is 1. The first-order chi connectivity index (χ1) is 12.3. The number of nitrogens with one attached hydrogen (secondary N) is 1. The highest BCUT2D eigenvalue weighted by atomic mass is 32.2. The van der Waals surface area contributed by atoms with E-state index in [-0.39, 0.29) is 5.91 Å². The fraction of sp³-hybridized carbons (Fsp3) is 0.294. The van der Waals surface area contributed by atoms with Gasteiger partial charge in [0.2, 0.25) is 11.1 Å². The standard InChI is InChI=1S/C17H21N7OS/c1-10-5-7-14(8-6-10)19-15(25)13(4)26-17-21-20-16(23(17)18)24-12(3)9-11(2)22-24/h5-9,13H,18H2,1-4H3,(H,19,25)/t13-/m0/s1. The predicted octanol–water partition coefficient (Wildman–Crippen LogP) is 2.22. The summed E-state index contributed by atoms with van der Waals surface area (Å²) in [6.07, 6.45) is 0. The maximum atomic E-state index is 12.4. The normalized spacial score (nSPS) is 12.2. The second kappa shape index (κ2) is 7.20. The molecule has 0 fully saturated rings. The third kappa shape index (κ3) is 3.72. The zero-order valence-electron chi connectivity index (χ0n) is 15.1. The number of benzene rings is 1. The van der Waals surface area contributed by atoms with Crippen molar-refractivity contribution < 1.29 is 4.79 Å². The Balaban J connectivity index is 1.71. The number of nitrogens with zero attached hydrogens (tertiary/aromatic N) is 5. The quantitative estimate of drug-likeness (QED) is 0.526. The molecule has 9 heteroatoms. The fourth-order valence-electron chi connectivity index (χ4n) is 2.42. The minimum atomic E-state index is -0.392. The van der Waals surface area contributed by atoms with Gasteiger partial charge in [-0.3, -0.25) is 4.79 Å². The second-order valence-corrected chi connectivity index (χ2v) is 7.41. The number of thioether (sulfide) groups is 1. The molecule has 0 spiro atoms. The first-order valence-corrected chi connectivity index (χ1v) is 9.01. The van der Waals surface area contributed by atoms with Crippen LogP contribution in [0.3, 0.4) is 0 Å². The van der Waals surface area contributed by atoms with Gasteiger partial charge in [0, 0.05) is 11.4 Å². The second-order valence-electron chi connectivity index (χ2n) is 6.11. The van der Waals surface area contributed by atoms with Crippen LogP contribution in [-0.2, 0) is 4.79 Å². The average molecular weight is 371 g/mol. The number of hydrogen-bond acceptors (Lipinski definition) is 6. The number of anilines is 1. The van der Waals surface area contributed by atoms with Crippen molar-refractivity contribution in [2.24, 2.45) is 0 Å². The van der Waals surface area contributed by atoms with Crippen molar-refractivity contribution in [2.45, 2.75) is 38.1 Å². The average Bonchev–Trinajstić information content (AvgIpc) is 3.11. The number of aromatic nitrogens is 5. The summed E-state index contributed by atoms with van der Waals surface area (Å²) >= 11 is 1.24. The Hall–Kier alpha value is -2.81. The molecule has 2 heterocycles. The van der Waals surface area contributed by atoms with E-state index in [0.29, 0.717) is 11.1 Å². The van der Waals surface area contributed by atoms with Crippen LogP contribution in [0.2, 0.25) is 0 Å². The molecule has 0 unspecified atom stereocenters. The van der Waals surface area contributed by atoms with Gasteiger partial charge in [0.25, 0.3) is 5.95 Å². The molecule has 1 amide bonds. The molecule has 0 aliphatic heterocycles. The summed E-state index contributed by atoms with van der Waals surface area (Å²) in [6, 6.07) is 9.57. The Morgan fingerprint density at radius 2 is 1.88 bits per heavy atom. The molecule has 8 nitrogen and oxygen atoms in total. The lowest BCUT2D eigenvalue weighted by Crippen LogP contribution is -2.24. The summed E-state index contributed by atoms with van der Waals surface area (Å²) in [4.78, 5) is 12.4. The van der Waals surface area contributed by atoms with Crippen molar-refractivity contribution in [2.75, 3.05) is 11.2 Å². The monoisotopic (exact) mass is 371 g/mol. The first kappa shape index (κ1) is 18.0. The van der Waals surface area contributed by atoms with Crippen molar-refractivity contribution >= 4 is 23.4 Å². The Labute approximate surface area is 155 Å². The van der Waals surface area contributed by atoms with Gasteiger partial charge in [0.05, 0.1) is 10.9 Å². The highest BCUT2D eigenvalue weighted by Gasteiger charge is 2.21. The van der Waals surface area contributed by atoms with Crippen LogP contribution < -0.4 is 11.2 Å². The number of rotatable bonds is 5. The maximum Gasteiger partial charge on any atom is 0.271 e. The lowest BCUT2D eigenvalue weighted by atomic mass is 10.2. The molecular formula is C17H21N7OS. The van der Waals surface area contributed by atoms with Crippen molar-refractivity contribution in [3.63, 3.8) is 0 Å². The number of nitrogens with two attached hydrogens (primary N) is 1. The van der Waals surface area contributed by atoms with Crippen LogP contribution in [0.1, 0.15) is 23.9 Å². The minimum Gasteiger partial charge on any atom is -0.334 e. The van der Waals surface area contributed by atoms with Gasteiger partial charge >= 0.3 is 0 Å². The van der Waals surface area contributed by atoms with Crippen LogP contribution in [-0.4, -0.2) is 35.8 Å². The first-order valence-electron chi connectivity index (χ1n) is 8.13. The van der Waals surface area contributed by atoms with E-state index in [2.05, 4.69) is 20.6 Å². The molecule has 0 saturated heterocycles. The topological polar surface area (TPSA) is 104 Å². The van der Waals surface area contributed by atoms with E-state index in [1.807, 2.05) is 51.1 Å². The van der Waals surface area contributed by atoms with Crippen LogP contribution in [0.25, 0.3) is 5.95 Å². The highest BCUT2D eigenvalue weighted by Crippen LogP contribution is 2.23. The molecule has 0 radical (unpaired) electrons. The van der Waals surface area contributed by atoms with E-state index in [1.54, 1.807) is 11.6 Å². The molecule has 3 rings (SSSR count). The van der Waals surface area contributed by atoms with Gasteiger partial charge in [-0.25, -0.2) is 9.36 Å². The van der Waals surface area contributed by atoms with E-state index in [4.69, 9.17) is 5.84 Å². The van der Waals surface area contributed by atoms with E-state index in [9.17, 15) is 4.79 Å². The molecule has 0 saturated carbocycles. The third-order valence-corrected chi connectivity index (χ3v) is 4.87. The van der Waals surface area contributed by atoms with Crippen molar-refractivity contribution in [3.05, 3.63) is 47.3 Å². The van der Waals surface area contributed by atoms with Crippen molar-refractivity contribution in [3.8, 4) is 5.95 Å². The lowest BCUT2D eigenvalue weighted by molar-refractivity contribution is -0.115. The minimum absolute atomic E-state index is 0.130. The van der Waals surface area contributed by atoms with E-state index in [0.717, 1.165) is 22.6 Å². The van der Waals surface area contributed by atoms with Gasteiger partial charge in [0.15, 0.2) is 0 Å². The zero-order chi connectivity index (χ0) is 18.8. The molecular weight excluding hydrogens is 350 g/mol. The molecule has 3 aromatic rings. The smallest absolute Gasteiger partial charge is 0.271 e. The molecule has 26 heavy (non-hydrogen) atoms. The zero-order valence-corrected chi connectivity index (χ0v) is 15.9. The van der Waals surface area contributed by atoms with Gasteiger partial charge < -0.3 is 11.2 Å². The largest absolute Gasteiger partial charge is 0.334 e. The van der Waals surface area contributed by atoms with E-state index in [1.165, 1.54) is 16.4 Å². The molecule has 0 aliphatic carbocycles. The summed E-state index contributed by atoms with van der Waals surface area (Å²) in [5.74, 6) is 6.39. The van der Waals surface area contributed by atoms with Crippen molar-refractivity contribution in [1.82, 2.24) is 24.7 Å². The molecule has 0 aliphatic rings. The van der Waals surface area contributed by atoms with Crippen LogP contribution in [0, 0.1) is 20.8 Å². The Morgan fingerprint density at radius 1 is 1.19 bits per heavy atom. The van der Waals surface area contributed by atoms with Gasteiger partial charge in [-0.1, -0.05) is 29.5 Å². The van der Waals surface area contributed by atoms with E-state index >= 15 is 0 Å². The van der Waals surface area contributed by atoms with Gasteiger partial charge in [0.1, 0.15) is 0 Å². The Kier molecular flexibility index (Phi) is 4.99. The van der Waals surface area contributed by atoms with Gasteiger partial charge in [-0.05, 0) is 45.9 Å². The Bertz CT molecular complexity index is 929. The highest BCUT2D eigenvalue weighted by molar-refractivity contribution is 8.00. The van der Waals surface area contributed by atoms with Crippen LogP contribution in [0.4, 0.5) is 5.69 Å². The summed E-state index contributed by atoms with van der Waals surface area (Å²) in [5, 5.41) is 15.5. The molecule has 3 N–H and O–H groups in total. The molecule has 136 valence electrons. The molecule has 1 aromatic carbocycles. The number of carbonyl (C=O) groups is 1. The van der Waals surface area contributed by atoms with Crippen molar-refractivity contribution in [1.29, 1.82) is 0 Å². The fourth-order valence-corrected chi connectivity index (χ4v) is 3.18. The summed E-state index contributed by atoms with van der Waals surface area (Å²) in [6.45, 7) is 7.61. The number of hydrogen-bond donors (Lipinski definition) is 2. The lowest BCUT2D eigenvalue weighted by Gasteiger charge is -2.11. The Morgan fingerprint density at radius 3 is 2.50 bits per heavy atom. The summed E-state index contributed by atoms with van der Waals surface area (Å²) in [5.41, 5.74) is 3.66. The SMILES string of the molecule is Cc1ccc(NC(=O)[C@H](C)Sc2nnc(-n3nc(C)cc3C)n2N)cc1. The van der Waals surface area contributed by atoms with Crippen LogP contribution >= 0.6 is 11.8 Å². The van der Waals surface area contributed by atoms with Gasteiger partial charge in [-0.2, -0.15) is 5.10 Å². The summed E-state index contributed by atoms with van der Waals surface area (Å²) in [7, 11) is 0. The summed E-state index contributed by atoms with van der Waals surface area (Å²) < 4.78 is 2.98. The number of aryl methyl sites for hydroxylation is 3. The number of nitrogen functional groups attached to an aromatic ring is 1. The van der Waals surface area contributed by atoms with E-state index < -0.39 is 5.25 Å². The molecule has 1 atom stereocenters. The molecule has 0 bridgehead atoms. The predicted molar refractivity (Wildman–Crippen MR) is 102 cm³/mol. The van der Waals surface area contributed by atoms with Gasteiger partial charge in [-0.15, -0.1) is 10.2 Å².